The summed E-state index contributed by atoms with van der Waals surface area (Å²) in [6.45, 7) is 12.8. The van der Waals surface area contributed by atoms with Crippen LogP contribution in [0.5, 0.6) is 0 Å². The van der Waals surface area contributed by atoms with Crippen molar-refractivity contribution in [2.24, 2.45) is 17.6 Å². The van der Waals surface area contributed by atoms with Gasteiger partial charge >= 0.3 is 0 Å². The fourth-order valence-corrected chi connectivity index (χ4v) is 2.26. The topological polar surface area (TPSA) is 38.0 Å². The Balaban J connectivity index is 2.65. The van der Waals surface area contributed by atoms with Crippen LogP contribution in [0.1, 0.15) is 43.5 Å². The number of hydrogen-bond donors (Lipinski definition) is 2. The largest absolute Gasteiger partial charge is 0.330 e. The summed E-state index contributed by atoms with van der Waals surface area (Å²) < 4.78 is 0. The molecule has 1 aromatic carbocycles. The first-order chi connectivity index (χ1) is 8.45. The summed E-state index contributed by atoms with van der Waals surface area (Å²) in [7, 11) is 0. The van der Waals surface area contributed by atoms with Crippen molar-refractivity contribution in [2.45, 2.75) is 40.7 Å². The number of benzene rings is 1. The van der Waals surface area contributed by atoms with Crippen LogP contribution in [0.15, 0.2) is 18.2 Å². The van der Waals surface area contributed by atoms with Crippen molar-refractivity contribution in [1.29, 1.82) is 0 Å². The molecule has 0 heterocycles. The second-order valence-corrected chi connectivity index (χ2v) is 5.73. The quantitative estimate of drug-likeness (QED) is 0.811. The Morgan fingerprint density at radius 3 is 2.39 bits per heavy atom. The van der Waals surface area contributed by atoms with Crippen LogP contribution < -0.4 is 11.1 Å². The van der Waals surface area contributed by atoms with Crippen molar-refractivity contribution in [3.8, 4) is 0 Å². The van der Waals surface area contributed by atoms with Gasteiger partial charge in [0, 0.05) is 6.04 Å². The lowest BCUT2D eigenvalue weighted by Gasteiger charge is -2.23. The number of hydrogen-bond acceptors (Lipinski definition) is 2. The van der Waals surface area contributed by atoms with Gasteiger partial charge in [0.1, 0.15) is 0 Å². The molecule has 0 saturated heterocycles. The molecule has 1 aromatic rings. The summed E-state index contributed by atoms with van der Waals surface area (Å²) in [6.07, 6.45) is 0. The molecule has 0 amide bonds. The van der Waals surface area contributed by atoms with E-state index in [-0.39, 0.29) is 0 Å². The summed E-state index contributed by atoms with van der Waals surface area (Å²) in [5.41, 5.74) is 9.89. The van der Waals surface area contributed by atoms with Gasteiger partial charge in [0.25, 0.3) is 0 Å². The number of nitrogens with two attached hydrogens (primary N) is 1. The van der Waals surface area contributed by atoms with E-state index in [1.807, 2.05) is 0 Å². The minimum Gasteiger partial charge on any atom is -0.330 e. The van der Waals surface area contributed by atoms with Gasteiger partial charge in [0.2, 0.25) is 0 Å². The molecule has 0 aliphatic heterocycles. The third kappa shape index (κ3) is 4.11. The third-order valence-electron chi connectivity index (χ3n) is 3.83. The Kier molecular flexibility index (Phi) is 5.83. The first kappa shape index (κ1) is 15.2. The molecule has 2 heteroatoms. The highest BCUT2D eigenvalue weighted by Crippen LogP contribution is 2.19. The molecule has 0 aliphatic carbocycles. The van der Waals surface area contributed by atoms with Gasteiger partial charge in [0.05, 0.1) is 0 Å². The fourth-order valence-electron chi connectivity index (χ4n) is 2.26. The van der Waals surface area contributed by atoms with E-state index < -0.39 is 0 Å². The molecule has 2 unspecified atom stereocenters. The van der Waals surface area contributed by atoms with Gasteiger partial charge in [-0.25, -0.2) is 0 Å². The number of aryl methyl sites for hydroxylation is 2. The van der Waals surface area contributed by atoms with Gasteiger partial charge in [-0.05, 0) is 56.8 Å². The maximum atomic E-state index is 5.81. The summed E-state index contributed by atoms with van der Waals surface area (Å²) in [4.78, 5) is 0. The predicted octanol–water partition coefficient (Wildman–Crippen LogP) is 3.18. The lowest BCUT2D eigenvalue weighted by molar-refractivity contribution is 0.356. The Morgan fingerprint density at radius 1 is 1.17 bits per heavy atom. The molecule has 0 aliphatic rings. The van der Waals surface area contributed by atoms with Gasteiger partial charge in [-0.1, -0.05) is 37.6 Å². The minimum absolute atomic E-state index is 0.387. The second kappa shape index (κ2) is 6.91. The van der Waals surface area contributed by atoms with Crippen molar-refractivity contribution < 1.29 is 0 Å². The SMILES string of the molecule is Cc1ccc(C)c(C(C)NCC(CN)C(C)C)c1. The maximum absolute atomic E-state index is 5.81. The second-order valence-electron chi connectivity index (χ2n) is 5.73. The van der Waals surface area contributed by atoms with Crippen LogP contribution in [-0.4, -0.2) is 13.1 Å². The van der Waals surface area contributed by atoms with E-state index in [2.05, 4.69) is 58.1 Å². The van der Waals surface area contributed by atoms with Crippen molar-refractivity contribution in [1.82, 2.24) is 5.32 Å². The lowest BCUT2D eigenvalue weighted by atomic mass is 9.94. The Bertz CT molecular complexity index is 371. The zero-order valence-electron chi connectivity index (χ0n) is 12.5. The lowest BCUT2D eigenvalue weighted by Crippen LogP contribution is -2.33. The standard InChI is InChI=1S/C16H28N2/c1-11(2)15(9-17)10-18-14(5)16-8-12(3)6-7-13(16)4/h6-8,11,14-15,18H,9-10,17H2,1-5H3. The Morgan fingerprint density at radius 2 is 1.83 bits per heavy atom. The van der Waals surface area contributed by atoms with Crippen LogP contribution in [0, 0.1) is 25.7 Å². The molecule has 0 spiro atoms. The predicted molar refractivity (Wildman–Crippen MR) is 79.7 cm³/mol. The van der Waals surface area contributed by atoms with Gasteiger partial charge in [-0.15, -0.1) is 0 Å². The molecule has 0 aromatic heterocycles. The highest BCUT2D eigenvalue weighted by Gasteiger charge is 2.14. The summed E-state index contributed by atoms with van der Waals surface area (Å²) in [6, 6.07) is 7.03. The van der Waals surface area contributed by atoms with Gasteiger partial charge in [-0.3, -0.25) is 0 Å². The van der Waals surface area contributed by atoms with E-state index in [4.69, 9.17) is 5.73 Å². The van der Waals surface area contributed by atoms with Crippen LogP contribution in [0.2, 0.25) is 0 Å². The van der Waals surface area contributed by atoms with Crippen LogP contribution >= 0.6 is 0 Å². The van der Waals surface area contributed by atoms with Crippen LogP contribution in [0.4, 0.5) is 0 Å². The summed E-state index contributed by atoms with van der Waals surface area (Å²) >= 11 is 0. The molecule has 1 rings (SSSR count). The van der Waals surface area contributed by atoms with Gasteiger partial charge in [0.15, 0.2) is 0 Å². The fraction of sp³-hybridized carbons (Fsp3) is 0.625. The Labute approximate surface area is 112 Å². The van der Waals surface area contributed by atoms with E-state index in [9.17, 15) is 0 Å². The van der Waals surface area contributed by atoms with Gasteiger partial charge in [-0.2, -0.15) is 0 Å². The highest BCUT2D eigenvalue weighted by molar-refractivity contribution is 5.32. The molecule has 0 bridgehead atoms. The summed E-state index contributed by atoms with van der Waals surface area (Å²) in [5.74, 6) is 1.19. The summed E-state index contributed by atoms with van der Waals surface area (Å²) in [5, 5.41) is 3.62. The number of rotatable bonds is 6. The molecule has 3 N–H and O–H groups in total. The molecule has 0 fully saturated rings. The first-order valence-corrected chi connectivity index (χ1v) is 6.96. The maximum Gasteiger partial charge on any atom is 0.0294 e. The molecule has 18 heavy (non-hydrogen) atoms. The minimum atomic E-state index is 0.387. The molecule has 102 valence electrons. The monoisotopic (exact) mass is 248 g/mol. The molecule has 0 saturated carbocycles. The normalized spacial score (nSPS) is 14.8. The van der Waals surface area contributed by atoms with Crippen LogP contribution in [0.3, 0.4) is 0 Å². The van der Waals surface area contributed by atoms with E-state index in [0.29, 0.717) is 17.9 Å². The molecular formula is C16H28N2. The third-order valence-corrected chi connectivity index (χ3v) is 3.83. The van der Waals surface area contributed by atoms with E-state index in [1.165, 1.54) is 16.7 Å². The van der Waals surface area contributed by atoms with Gasteiger partial charge < -0.3 is 11.1 Å². The van der Waals surface area contributed by atoms with Crippen molar-refractivity contribution in [3.05, 3.63) is 34.9 Å². The molecular weight excluding hydrogens is 220 g/mol. The molecule has 0 radical (unpaired) electrons. The molecule has 2 atom stereocenters. The first-order valence-electron chi connectivity index (χ1n) is 6.96. The Hall–Kier alpha value is -0.860. The molecule has 2 nitrogen and oxygen atoms in total. The van der Waals surface area contributed by atoms with E-state index in [1.54, 1.807) is 0 Å². The zero-order chi connectivity index (χ0) is 13.7. The van der Waals surface area contributed by atoms with Crippen molar-refractivity contribution in [2.75, 3.05) is 13.1 Å². The average Bonchev–Trinajstić information content (AvgIpc) is 2.32. The number of nitrogens with one attached hydrogen (secondary N) is 1. The van der Waals surface area contributed by atoms with Crippen LogP contribution in [-0.2, 0) is 0 Å². The highest BCUT2D eigenvalue weighted by atomic mass is 14.9. The van der Waals surface area contributed by atoms with E-state index in [0.717, 1.165) is 13.1 Å². The zero-order valence-corrected chi connectivity index (χ0v) is 12.5. The smallest absolute Gasteiger partial charge is 0.0294 e. The van der Waals surface area contributed by atoms with Crippen LogP contribution in [0.25, 0.3) is 0 Å². The van der Waals surface area contributed by atoms with Crippen molar-refractivity contribution >= 4 is 0 Å². The van der Waals surface area contributed by atoms with E-state index >= 15 is 0 Å². The van der Waals surface area contributed by atoms with Crippen molar-refractivity contribution in [3.63, 3.8) is 0 Å². The average molecular weight is 248 g/mol.